The minimum atomic E-state index is -0.420. The fourth-order valence-corrected chi connectivity index (χ4v) is 4.07. The van der Waals surface area contributed by atoms with Crippen molar-refractivity contribution >= 4 is 33.8 Å². The second-order valence-corrected chi connectivity index (χ2v) is 7.69. The number of amides is 1. The number of anilines is 2. The Morgan fingerprint density at radius 2 is 2.00 bits per heavy atom. The standard InChI is InChI=1S/C17H19N5O3S/c23-15(18-17-20-19-16(26-17)11-4-5-11)12-6-7-13(14(10-12)22(24)25)21-8-2-1-3-9-21/h6-7,10-11H,1-5,8-9H2,(H,18,20,23). The summed E-state index contributed by atoms with van der Waals surface area (Å²) in [5.41, 5.74) is 0.800. The monoisotopic (exact) mass is 373 g/mol. The lowest BCUT2D eigenvalue weighted by Gasteiger charge is -2.28. The second-order valence-electron chi connectivity index (χ2n) is 6.68. The number of carbonyl (C=O) groups is 1. The van der Waals surface area contributed by atoms with E-state index in [1.54, 1.807) is 12.1 Å². The van der Waals surface area contributed by atoms with Gasteiger partial charge in [0.25, 0.3) is 11.6 Å². The van der Waals surface area contributed by atoms with Gasteiger partial charge in [0.1, 0.15) is 10.7 Å². The minimum absolute atomic E-state index is 0.0320. The van der Waals surface area contributed by atoms with Crippen LogP contribution in [0.25, 0.3) is 0 Å². The molecule has 2 aliphatic rings. The van der Waals surface area contributed by atoms with Gasteiger partial charge in [0.2, 0.25) is 5.13 Å². The molecule has 1 saturated heterocycles. The Morgan fingerprint density at radius 3 is 2.69 bits per heavy atom. The van der Waals surface area contributed by atoms with Crippen molar-refractivity contribution in [2.75, 3.05) is 23.3 Å². The second kappa shape index (κ2) is 6.99. The highest BCUT2D eigenvalue weighted by Gasteiger charge is 2.28. The number of rotatable bonds is 5. The summed E-state index contributed by atoms with van der Waals surface area (Å²) < 4.78 is 0. The molecule has 1 amide bonds. The van der Waals surface area contributed by atoms with E-state index in [0.29, 0.717) is 16.7 Å². The number of hydrogen-bond donors (Lipinski definition) is 1. The zero-order valence-electron chi connectivity index (χ0n) is 14.2. The third kappa shape index (κ3) is 3.52. The normalized spacial score (nSPS) is 17.2. The quantitative estimate of drug-likeness (QED) is 0.635. The van der Waals surface area contributed by atoms with E-state index >= 15 is 0 Å². The summed E-state index contributed by atoms with van der Waals surface area (Å²) in [6.45, 7) is 1.61. The summed E-state index contributed by atoms with van der Waals surface area (Å²) in [5, 5.41) is 23.6. The highest BCUT2D eigenvalue weighted by atomic mass is 32.1. The molecule has 0 atom stereocenters. The molecule has 1 saturated carbocycles. The lowest BCUT2D eigenvalue weighted by Crippen LogP contribution is -2.30. The first kappa shape index (κ1) is 16.9. The Kier molecular flexibility index (Phi) is 4.54. The first-order valence-corrected chi connectivity index (χ1v) is 9.61. The van der Waals surface area contributed by atoms with Gasteiger partial charge in [0, 0.05) is 30.6 Å². The van der Waals surface area contributed by atoms with Crippen molar-refractivity contribution in [1.82, 2.24) is 10.2 Å². The maximum atomic E-state index is 12.5. The Balaban J connectivity index is 1.54. The van der Waals surface area contributed by atoms with Crippen molar-refractivity contribution in [3.8, 4) is 0 Å². The maximum Gasteiger partial charge on any atom is 0.293 e. The van der Waals surface area contributed by atoms with Crippen LogP contribution in [-0.2, 0) is 0 Å². The topological polar surface area (TPSA) is 101 Å². The predicted octanol–water partition coefficient (Wildman–Crippen LogP) is 3.57. The number of hydrogen-bond acceptors (Lipinski definition) is 7. The van der Waals surface area contributed by atoms with Gasteiger partial charge in [-0.05, 0) is 44.2 Å². The number of aromatic nitrogens is 2. The molecular weight excluding hydrogens is 354 g/mol. The number of nitrogens with zero attached hydrogens (tertiary/aromatic N) is 4. The average Bonchev–Trinajstić information content (AvgIpc) is 3.41. The summed E-state index contributed by atoms with van der Waals surface area (Å²) in [7, 11) is 0. The molecule has 1 aliphatic heterocycles. The summed E-state index contributed by atoms with van der Waals surface area (Å²) >= 11 is 1.37. The van der Waals surface area contributed by atoms with Crippen molar-refractivity contribution in [3.63, 3.8) is 0 Å². The smallest absolute Gasteiger partial charge is 0.293 e. The van der Waals surface area contributed by atoms with Crippen LogP contribution in [0, 0.1) is 10.1 Å². The zero-order valence-corrected chi connectivity index (χ0v) is 15.0. The Morgan fingerprint density at radius 1 is 1.23 bits per heavy atom. The van der Waals surface area contributed by atoms with E-state index in [4.69, 9.17) is 0 Å². The van der Waals surface area contributed by atoms with Gasteiger partial charge >= 0.3 is 0 Å². The van der Waals surface area contributed by atoms with Crippen molar-refractivity contribution in [1.29, 1.82) is 0 Å². The third-order valence-electron chi connectivity index (χ3n) is 4.72. The SMILES string of the molecule is O=C(Nc1nnc(C2CC2)s1)c1ccc(N2CCCCC2)c([N+](=O)[O-])c1. The molecule has 8 nitrogen and oxygen atoms in total. The summed E-state index contributed by atoms with van der Waals surface area (Å²) in [6, 6.07) is 4.66. The third-order valence-corrected chi connectivity index (χ3v) is 5.72. The molecule has 1 aromatic heterocycles. The van der Waals surface area contributed by atoms with E-state index in [0.717, 1.165) is 50.2 Å². The van der Waals surface area contributed by atoms with E-state index in [1.165, 1.54) is 17.4 Å². The van der Waals surface area contributed by atoms with E-state index in [-0.39, 0.29) is 11.3 Å². The number of piperidine rings is 1. The molecule has 0 bridgehead atoms. The van der Waals surface area contributed by atoms with Gasteiger partial charge < -0.3 is 4.90 Å². The van der Waals surface area contributed by atoms with Crippen molar-refractivity contribution < 1.29 is 9.72 Å². The molecule has 2 heterocycles. The van der Waals surface area contributed by atoms with Crippen LogP contribution in [-0.4, -0.2) is 34.1 Å². The summed E-state index contributed by atoms with van der Waals surface area (Å²) in [5.74, 6) is 0.0693. The van der Waals surface area contributed by atoms with Gasteiger partial charge in [0.15, 0.2) is 0 Å². The Labute approximate surface area is 154 Å². The van der Waals surface area contributed by atoms with Crippen LogP contribution in [0.15, 0.2) is 18.2 Å². The van der Waals surface area contributed by atoms with Crippen molar-refractivity contribution in [2.45, 2.75) is 38.0 Å². The van der Waals surface area contributed by atoms with Crippen LogP contribution in [0.5, 0.6) is 0 Å². The predicted molar refractivity (Wildman–Crippen MR) is 99.0 cm³/mol. The first-order chi connectivity index (χ1) is 12.6. The molecule has 1 aliphatic carbocycles. The van der Waals surface area contributed by atoms with Gasteiger partial charge in [-0.1, -0.05) is 11.3 Å². The van der Waals surface area contributed by atoms with Gasteiger partial charge in [-0.3, -0.25) is 20.2 Å². The Hall–Kier alpha value is -2.55. The van der Waals surface area contributed by atoms with Crippen LogP contribution in [0.3, 0.4) is 0 Å². The molecule has 136 valence electrons. The molecule has 0 spiro atoms. The number of benzene rings is 1. The Bertz CT molecular complexity index is 843. The molecule has 1 N–H and O–H groups in total. The van der Waals surface area contributed by atoms with Crippen LogP contribution in [0.4, 0.5) is 16.5 Å². The molecule has 1 aromatic carbocycles. The molecule has 26 heavy (non-hydrogen) atoms. The highest BCUT2D eigenvalue weighted by molar-refractivity contribution is 7.15. The molecule has 2 aromatic rings. The van der Waals surface area contributed by atoms with E-state index < -0.39 is 10.8 Å². The molecule has 0 radical (unpaired) electrons. The number of nitro groups is 1. The van der Waals surface area contributed by atoms with E-state index in [9.17, 15) is 14.9 Å². The largest absolute Gasteiger partial charge is 0.366 e. The molecule has 2 fully saturated rings. The van der Waals surface area contributed by atoms with E-state index in [2.05, 4.69) is 15.5 Å². The summed E-state index contributed by atoms with van der Waals surface area (Å²) in [6.07, 6.45) is 5.44. The lowest BCUT2D eigenvalue weighted by atomic mass is 10.1. The van der Waals surface area contributed by atoms with Crippen LogP contribution >= 0.6 is 11.3 Å². The highest BCUT2D eigenvalue weighted by Crippen LogP contribution is 2.42. The van der Waals surface area contributed by atoms with Gasteiger partial charge in [-0.25, -0.2) is 0 Å². The lowest BCUT2D eigenvalue weighted by molar-refractivity contribution is -0.384. The van der Waals surface area contributed by atoms with Gasteiger partial charge in [-0.15, -0.1) is 10.2 Å². The van der Waals surface area contributed by atoms with Crippen molar-refractivity contribution in [2.24, 2.45) is 0 Å². The van der Waals surface area contributed by atoms with Crippen molar-refractivity contribution in [3.05, 3.63) is 38.9 Å². The fourth-order valence-electron chi connectivity index (χ4n) is 3.16. The molecular formula is C17H19N5O3S. The number of carbonyl (C=O) groups excluding carboxylic acids is 1. The molecule has 4 rings (SSSR count). The maximum absolute atomic E-state index is 12.5. The molecule has 9 heteroatoms. The zero-order chi connectivity index (χ0) is 18.1. The summed E-state index contributed by atoms with van der Waals surface area (Å²) in [4.78, 5) is 25.6. The molecule has 0 unspecified atom stereocenters. The van der Waals surface area contributed by atoms with Crippen LogP contribution < -0.4 is 10.2 Å². The first-order valence-electron chi connectivity index (χ1n) is 8.80. The minimum Gasteiger partial charge on any atom is -0.366 e. The fraction of sp³-hybridized carbons (Fsp3) is 0.471. The number of nitrogens with one attached hydrogen (secondary N) is 1. The van der Waals surface area contributed by atoms with Crippen LogP contribution in [0.1, 0.15) is 53.4 Å². The van der Waals surface area contributed by atoms with Gasteiger partial charge in [-0.2, -0.15) is 0 Å². The van der Waals surface area contributed by atoms with E-state index in [1.807, 2.05) is 4.90 Å². The average molecular weight is 373 g/mol. The van der Waals surface area contributed by atoms with Gasteiger partial charge in [0.05, 0.1) is 4.92 Å². The number of nitro benzene ring substituents is 1. The van der Waals surface area contributed by atoms with Crippen LogP contribution in [0.2, 0.25) is 0 Å².